The number of nitrogens with zero attached hydrogens (tertiary/aromatic N) is 1. The van der Waals surface area contributed by atoms with Crippen molar-refractivity contribution in [2.75, 3.05) is 14.1 Å². The lowest BCUT2D eigenvalue weighted by Crippen LogP contribution is -2.43. The Morgan fingerprint density at radius 3 is 2.29 bits per heavy atom. The molecule has 0 saturated heterocycles. The third-order valence-corrected chi connectivity index (χ3v) is 3.52. The normalized spacial score (nSPS) is 13.9. The predicted molar refractivity (Wildman–Crippen MR) is 71.5 cm³/mol. The van der Waals surface area contributed by atoms with Crippen molar-refractivity contribution in [2.24, 2.45) is 0 Å². The first-order valence-corrected chi connectivity index (χ1v) is 6.05. The van der Waals surface area contributed by atoms with E-state index in [-0.39, 0.29) is 18.0 Å². The van der Waals surface area contributed by atoms with Gasteiger partial charge in [-0.15, -0.1) is 0 Å². The SMILES string of the molecule is CNC(=O)N(C)[C@H](C)[C@H](C)c1ccc(Cl)cc1. The summed E-state index contributed by atoms with van der Waals surface area (Å²) in [4.78, 5) is 13.2. The minimum absolute atomic E-state index is 0.0710. The number of urea groups is 1. The number of nitrogens with one attached hydrogen (secondary N) is 1. The van der Waals surface area contributed by atoms with Crippen LogP contribution in [0.4, 0.5) is 4.79 Å². The molecule has 0 saturated carbocycles. The summed E-state index contributed by atoms with van der Waals surface area (Å²) in [6.07, 6.45) is 0. The van der Waals surface area contributed by atoms with Gasteiger partial charge < -0.3 is 10.2 Å². The Morgan fingerprint density at radius 1 is 1.29 bits per heavy atom. The van der Waals surface area contributed by atoms with Crippen LogP contribution in [0.25, 0.3) is 0 Å². The molecule has 0 heterocycles. The monoisotopic (exact) mass is 254 g/mol. The fraction of sp³-hybridized carbons (Fsp3) is 0.462. The standard InChI is InChI=1S/C13H19ClN2O/c1-9(10(2)16(4)13(17)15-3)11-5-7-12(14)8-6-11/h5-10H,1-4H3,(H,15,17)/t9-,10+/m0/s1. The Hall–Kier alpha value is -1.22. The van der Waals surface area contributed by atoms with Crippen molar-refractivity contribution in [2.45, 2.75) is 25.8 Å². The molecule has 0 radical (unpaired) electrons. The molecular formula is C13H19ClN2O. The first-order chi connectivity index (χ1) is 7.97. The average Bonchev–Trinajstić information content (AvgIpc) is 2.36. The lowest BCUT2D eigenvalue weighted by molar-refractivity contribution is 0.189. The molecule has 2 atom stereocenters. The van der Waals surface area contributed by atoms with Crippen LogP contribution in [0.3, 0.4) is 0 Å². The van der Waals surface area contributed by atoms with Crippen LogP contribution < -0.4 is 5.32 Å². The van der Waals surface area contributed by atoms with Gasteiger partial charge in [-0.25, -0.2) is 4.79 Å². The molecule has 1 rings (SSSR count). The van der Waals surface area contributed by atoms with Gasteiger partial charge in [0.2, 0.25) is 0 Å². The van der Waals surface area contributed by atoms with Gasteiger partial charge in [-0.05, 0) is 24.6 Å². The number of benzene rings is 1. The van der Waals surface area contributed by atoms with E-state index < -0.39 is 0 Å². The number of carbonyl (C=O) groups excluding carboxylic acids is 1. The summed E-state index contributed by atoms with van der Waals surface area (Å²) in [5.41, 5.74) is 1.18. The van der Waals surface area contributed by atoms with Gasteiger partial charge in [-0.2, -0.15) is 0 Å². The fourth-order valence-electron chi connectivity index (χ4n) is 1.74. The van der Waals surface area contributed by atoms with Crippen molar-refractivity contribution < 1.29 is 4.79 Å². The number of rotatable bonds is 3. The number of likely N-dealkylation sites (N-methyl/N-ethyl adjacent to an activating group) is 1. The van der Waals surface area contributed by atoms with Crippen molar-refractivity contribution in [3.63, 3.8) is 0 Å². The first-order valence-electron chi connectivity index (χ1n) is 5.67. The van der Waals surface area contributed by atoms with Gasteiger partial charge in [0.15, 0.2) is 0 Å². The zero-order valence-corrected chi connectivity index (χ0v) is 11.5. The van der Waals surface area contributed by atoms with Gasteiger partial charge in [0.25, 0.3) is 0 Å². The number of hydrogen-bond acceptors (Lipinski definition) is 1. The van der Waals surface area contributed by atoms with E-state index in [1.807, 2.05) is 31.2 Å². The van der Waals surface area contributed by atoms with Crippen LogP contribution in [-0.4, -0.2) is 31.1 Å². The first kappa shape index (κ1) is 13.8. The third-order valence-electron chi connectivity index (χ3n) is 3.26. The van der Waals surface area contributed by atoms with E-state index in [0.29, 0.717) is 0 Å². The van der Waals surface area contributed by atoms with Gasteiger partial charge in [-0.1, -0.05) is 30.7 Å². The summed E-state index contributed by atoms with van der Waals surface area (Å²) >= 11 is 5.86. The summed E-state index contributed by atoms with van der Waals surface area (Å²) in [6.45, 7) is 4.14. The van der Waals surface area contributed by atoms with Crippen LogP contribution in [0.2, 0.25) is 5.02 Å². The zero-order valence-electron chi connectivity index (χ0n) is 10.7. The fourth-order valence-corrected chi connectivity index (χ4v) is 1.87. The molecule has 0 aliphatic carbocycles. The van der Waals surface area contributed by atoms with Gasteiger partial charge in [0.05, 0.1) is 0 Å². The van der Waals surface area contributed by atoms with Gasteiger partial charge in [-0.3, -0.25) is 0 Å². The van der Waals surface area contributed by atoms with E-state index in [4.69, 9.17) is 11.6 Å². The van der Waals surface area contributed by atoms with Gasteiger partial charge in [0, 0.05) is 31.1 Å². The molecule has 4 heteroatoms. The van der Waals surface area contributed by atoms with Crippen LogP contribution >= 0.6 is 11.6 Å². The van der Waals surface area contributed by atoms with E-state index >= 15 is 0 Å². The highest BCUT2D eigenvalue weighted by Gasteiger charge is 2.21. The van der Waals surface area contributed by atoms with Crippen LogP contribution in [0, 0.1) is 0 Å². The van der Waals surface area contributed by atoms with E-state index in [1.54, 1.807) is 19.0 Å². The quantitative estimate of drug-likeness (QED) is 0.883. The second kappa shape index (κ2) is 5.92. The lowest BCUT2D eigenvalue weighted by Gasteiger charge is -2.29. The van der Waals surface area contributed by atoms with Crippen molar-refractivity contribution >= 4 is 17.6 Å². The summed E-state index contributed by atoms with van der Waals surface area (Å²) in [7, 11) is 3.44. The molecule has 17 heavy (non-hydrogen) atoms. The van der Waals surface area contributed by atoms with E-state index in [0.717, 1.165) is 5.02 Å². The average molecular weight is 255 g/mol. The molecule has 0 bridgehead atoms. The summed E-state index contributed by atoms with van der Waals surface area (Å²) in [5.74, 6) is 0.259. The Kier molecular flexibility index (Phi) is 4.82. The second-order valence-electron chi connectivity index (χ2n) is 4.25. The minimum Gasteiger partial charge on any atom is -0.341 e. The molecule has 0 spiro atoms. The molecule has 2 amide bonds. The molecule has 1 aromatic carbocycles. The molecule has 0 aromatic heterocycles. The Bertz CT molecular complexity index is 378. The lowest BCUT2D eigenvalue weighted by atomic mass is 9.94. The van der Waals surface area contributed by atoms with Crippen molar-refractivity contribution in [3.05, 3.63) is 34.9 Å². The number of amides is 2. The largest absolute Gasteiger partial charge is 0.341 e. The van der Waals surface area contributed by atoms with Gasteiger partial charge >= 0.3 is 6.03 Å². The summed E-state index contributed by atoms with van der Waals surface area (Å²) in [5, 5.41) is 3.36. The molecule has 1 aromatic rings. The Morgan fingerprint density at radius 2 is 1.82 bits per heavy atom. The molecular weight excluding hydrogens is 236 g/mol. The van der Waals surface area contributed by atoms with Crippen LogP contribution in [0.5, 0.6) is 0 Å². The zero-order chi connectivity index (χ0) is 13.0. The number of halogens is 1. The van der Waals surface area contributed by atoms with Gasteiger partial charge in [0.1, 0.15) is 0 Å². The second-order valence-corrected chi connectivity index (χ2v) is 4.68. The Labute approximate surface area is 108 Å². The third kappa shape index (κ3) is 3.37. The highest BCUT2D eigenvalue weighted by atomic mass is 35.5. The maximum Gasteiger partial charge on any atom is 0.317 e. The van der Waals surface area contributed by atoms with E-state index in [2.05, 4.69) is 12.2 Å². The van der Waals surface area contributed by atoms with Crippen molar-refractivity contribution in [1.82, 2.24) is 10.2 Å². The molecule has 3 nitrogen and oxygen atoms in total. The van der Waals surface area contributed by atoms with E-state index in [9.17, 15) is 4.79 Å². The highest BCUT2D eigenvalue weighted by Crippen LogP contribution is 2.23. The number of carbonyl (C=O) groups is 1. The minimum atomic E-state index is -0.0710. The van der Waals surface area contributed by atoms with Crippen LogP contribution in [0.1, 0.15) is 25.3 Å². The maximum atomic E-state index is 11.5. The molecule has 0 aliphatic rings. The maximum absolute atomic E-state index is 11.5. The summed E-state index contributed by atoms with van der Waals surface area (Å²) < 4.78 is 0. The highest BCUT2D eigenvalue weighted by molar-refractivity contribution is 6.30. The topological polar surface area (TPSA) is 32.3 Å². The van der Waals surface area contributed by atoms with Crippen molar-refractivity contribution in [1.29, 1.82) is 0 Å². The van der Waals surface area contributed by atoms with E-state index in [1.165, 1.54) is 5.56 Å². The van der Waals surface area contributed by atoms with Crippen LogP contribution in [0.15, 0.2) is 24.3 Å². The Balaban J connectivity index is 2.78. The molecule has 0 fully saturated rings. The summed E-state index contributed by atoms with van der Waals surface area (Å²) in [6, 6.07) is 7.80. The van der Waals surface area contributed by atoms with Crippen LogP contribution in [-0.2, 0) is 0 Å². The molecule has 0 unspecified atom stereocenters. The smallest absolute Gasteiger partial charge is 0.317 e. The molecule has 94 valence electrons. The molecule has 0 aliphatic heterocycles. The van der Waals surface area contributed by atoms with Crippen molar-refractivity contribution in [3.8, 4) is 0 Å². The molecule has 1 N–H and O–H groups in total. The number of hydrogen-bond donors (Lipinski definition) is 1. The predicted octanol–water partition coefficient (Wildman–Crippen LogP) is 3.10.